The van der Waals surface area contributed by atoms with E-state index in [4.69, 9.17) is 5.11 Å². The van der Waals surface area contributed by atoms with Crippen molar-refractivity contribution in [2.75, 3.05) is 11.9 Å². The number of nitrogens with zero attached hydrogens (tertiary/aromatic N) is 1. The maximum atomic E-state index is 13.6. The van der Waals surface area contributed by atoms with Crippen molar-refractivity contribution < 1.29 is 14.3 Å². The summed E-state index contributed by atoms with van der Waals surface area (Å²) in [6, 6.07) is 7.61. The van der Waals surface area contributed by atoms with E-state index < -0.39 is 11.8 Å². The summed E-state index contributed by atoms with van der Waals surface area (Å²) >= 11 is 0. The summed E-state index contributed by atoms with van der Waals surface area (Å²) in [5.74, 6) is -1.70. The van der Waals surface area contributed by atoms with E-state index >= 15 is 0 Å². The minimum absolute atomic E-state index is 0.0582. The molecule has 0 radical (unpaired) electrons. The van der Waals surface area contributed by atoms with Crippen LogP contribution >= 0.6 is 0 Å². The van der Waals surface area contributed by atoms with Gasteiger partial charge >= 0.3 is 5.97 Å². The number of carboxylic acid groups (broad SMARTS) is 1. The highest BCUT2D eigenvalue weighted by atomic mass is 19.1. The number of nitrogens with one attached hydrogen (secondary N) is 1. The molecule has 2 N–H and O–H groups in total. The van der Waals surface area contributed by atoms with E-state index in [1.54, 1.807) is 12.4 Å². The molecule has 2 rings (SSSR count). The number of carbonyl (C=O) groups is 1. The van der Waals surface area contributed by atoms with Crippen LogP contribution in [-0.4, -0.2) is 22.6 Å². The van der Waals surface area contributed by atoms with Crippen LogP contribution in [0.4, 0.5) is 10.1 Å². The number of carboxylic acids is 1. The monoisotopic (exact) mass is 260 g/mol. The van der Waals surface area contributed by atoms with Crippen molar-refractivity contribution in [1.82, 2.24) is 4.98 Å². The third kappa shape index (κ3) is 3.51. The number of aromatic nitrogens is 1. The molecule has 1 aromatic heterocycles. The van der Waals surface area contributed by atoms with Gasteiger partial charge in [-0.3, -0.25) is 4.98 Å². The molecule has 0 saturated carbocycles. The number of hydrogen-bond acceptors (Lipinski definition) is 3. The number of anilines is 1. The second-order valence-electron chi connectivity index (χ2n) is 4.03. The average molecular weight is 260 g/mol. The van der Waals surface area contributed by atoms with Crippen LogP contribution in [0.25, 0.3) is 0 Å². The number of benzene rings is 1. The molecule has 19 heavy (non-hydrogen) atoms. The van der Waals surface area contributed by atoms with Gasteiger partial charge in [0, 0.05) is 18.9 Å². The zero-order valence-electron chi connectivity index (χ0n) is 10.1. The Morgan fingerprint density at radius 1 is 1.26 bits per heavy atom. The highest BCUT2D eigenvalue weighted by molar-refractivity contribution is 5.88. The topological polar surface area (TPSA) is 62.2 Å². The van der Waals surface area contributed by atoms with Gasteiger partial charge in [-0.25, -0.2) is 9.18 Å². The fraction of sp³-hybridized carbons (Fsp3) is 0.143. The zero-order chi connectivity index (χ0) is 13.7. The quantitative estimate of drug-likeness (QED) is 0.867. The van der Waals surface area contributed by atoms with Gasteiger partial charge in [0.15, 0.2) is 0 Å². The molecule has 1 heterocycles. The Bertz CT molecular complexity index is 573. The number of pyridine rings is 1. The molecule has 0 unspecified atom stereocenters. The minimum atomic E-state index is -1.14. The van der Waals surface area contributed by atoms with Crippen LogP contribution in [0.2, 0.25) is 0 Å². The zero-order valence-corrected chi connectivity index (χ0v) is 10.1. The van der Waals surface area contributed by atoms with Gasteiger partial charge in [0.25, 0.3) is 0 Å². The lowest BCUT2D eigenvalue weighted by molar-refractivity contribution is 0.0696. The maximum Gasteiger partial charge on any atom is 0.335 e. The maximum absolute atomic E-state index is 13.6. The van der Waals surface area contributed by atoms with Crippen molar-refractivity contribution in [3.05, 3.63) is 59.7 Å². The van der Waals surface area contributed by atoms with Crippen molar-refractivity contribution in [2.24, 2.45) is 0 Å². The van der Waals surface area contributed by atoms with Crippen LogP contribution in [0.5, 0.6) is 0 Å². The second-order valence-corrected chi connectivity index (χ2v) is 4.03. The lowest BCUT2D eigenvalue weighted by Gasteiger charge is -2.08. The van der Waals surface area contributed by atoms with Gasteiger partial charge in [-0.1, -0.05) is 0 Å². The van der Waals surface area contributed by atoms with Gasteiger partial charge in [0.05, 0.1) is 11.3 Å². The Morgan fingerprint density at radius 2 is 2.00 bits per heavy atom. The van der Waals surface area contributed by atoms with Crippen LogP contribution in [-0.2, 0) is 6.42 Å². The van der Waals surface area contributed by atoms with Crippen molar-refractivity contribution in [3.8, 4) is 0 Å². The normalized spacial score (nSPS) is 10.2. The van der Waals surface area contributed by atoms with Crippen LogP contribution in [0, 0.1) is 5.82 Å². The van der Waals surface area contributed by atoms with Crippen LogP contribution in [0.3, 0.4) is 0 Å². The van der Waals surface area contributed by atoms with Gasteiger partial charge in [-0.2, -0.15) is 0 Å². The van der Waals surface area contributed by atoms with Crippen molar-refractivity contribution in [1.29, 1.82) is 0 Å². The molecule has 0 aliphatic carbocycles. The smallest absolute Gasteiger partial charge is 0.335 e. The molecule has 0 fully saturated rings. The molecule has 5 heteroatoms. The minimum Gasteiger partial charge on any atom is -0.478 e. The van der Waals surface area contributed by atoms with E-state index in [1.165, 1.54) is 12.1 Å². The Hall–Kier alpha value is -2.43. The number of hydrogen-bond donors (Lipinski definition) is 2. The highest BCUT2D eigenvalue weighted by Gasteiger charge is 2.07. The summed E-state index contributed by atoms with van der Waals surface area (Å²) < 4.78 is 13.6. The molecule has 98 valence electrons. The van der Waals surface area contributed by atoms with Gasteiger partial charge in [-0.15, -0.1) is 0 Å². The first-order valence-electron chi connectivity index (χ1n) is 5.82. The van der Waals surface area contributed by atoms with Gasteiger partial charge in [-0.05, 0) is 42.3 Å². The molecule has 2 aromatic rings. The van der Waals surface area contributed by atoms with E-state index in [9.17, 15) is 9.18 Å². The third-order valence-electron chi connectivity index (χ3n) is 2.69. The largest absolute Gasteiger partial charge is 0.478 e. The third-order valence-corrected chi connectivity index (χ3v) is 2.69. The van der Waals surface area contributed by atoms with Gasteiger partial charge in [0.1, 0.15) is 5.82 Å². The molecule has 0 atom stereocenters. The summed E-state index contributed by atoms with van der Waals surface area (Å²) in [5, 5.41) is 11.7. The number of rotatable bonds is 5. The molecular formula is C14H13FN2O2. The Morgan fingerprint density at radius 3 is 2.63 bits per heavy atom. The van der Waals surface area contributed by atoms with Crippen LogP contribution < -0.4 is 5.32 Å². The van der Waals surface area contributed by atoms with E-state index in [-0.39, 0.29) is 5.56 Å². The molecule has 0 aliphatic heterocycles. The number of aromatic carboxylic acids is 1. The summed E-state index contributed by atoms with van der Waals surface area (Å²) in [6.07, 6.45) is 4.15. The Labute approximate surface area is 109 Å². The fourth-order valence-electron chi connectivity index (χ4n) is 1.68. The van der Waals surface area contributed by atoms with Crippen LogP contribution in [0.15, 0.2) is 42.7 Å². The van der Waals surface area contributed by atoms with E-state index in [1.807, 2.05) is 12.1 Å². The second kappa shape index (κ2) is 5.95. The summed E-state index contributed by atoms with van der Waals surface area (Å²) in [6.45, 7) is 0.563. The number of halogens is 1. The Kier molecular flexibility index (Phi) is 4.07. The van der Waals surface area contributed by atoms with Gasteiger partial charge in [0.2, 0.25) is 0 Å². The first kappa shape index (κ1) is 13.0. The predicted octanol–water partition coefficient (Wildman–Crippen LogP) is 2.57. The van der Waals surface area contributed by atoms with Gasteiger partial charge < -0.3 is 10.4 Å². The van der Waals surface area contributed by atoms with Crippen molar-refractivity contribution >= 4 is 11.7 Å². The summed E-state index contributed by atoms with van der Waals surface area (Å²) in [5.41, 5.74) is 1.35. The first-order valence-corrected chi connectivity index (χ1v) is 5.82. The average Bonchev–Trinajstić information content (AvgIpc) is 2.41. The molecule has 0 spiro atoms. The van der Waals surface area contributed by atoms with Crippen molar-refractivity contribution in [3.63, 3.8) is 0 Å². The molecule has 0 aliphatic rings. The highest BCUT2D eigenvalue weighted by Crippen LogP contribution is 2.15. The van der Waals surface area contributed by atoms with E-state index in [2.05, 4.69) is 10.3 Å². The van der Waals surface area contributed by atoms with Crippen LogP contribution in [0.1, 0.15) is 15.9 Å². The summed E-state index contributed by atoms with van der Waals surface area (Å²) in [4.78, 5) is 14.6. The molecule has 0 amide bonds. The van der Waals surface area contributed by atoms with E-state index in [0.29, 0.717) is 12.2 Å². The molecule has 1 aromatic carbocycles. The van der Waals surface area contributed by atoms with E-state index in [0.717, 1.165) is 18.1 Å². The lowest BCUT2D eigenvalue weighted by atomic mass is 10.1. The standard InChI is InChI=1S/C14H13FN2O2/c15-12-9-11(14(18)19)1-2-13(12)17-8-5-10-3-6-16-7-4-10/h1-4,6-7,9,17H,5,8H2,(H,18,19). The summed E-state index contributed by atoms with van der Waals surface area (Å²) in [7, 11) is 0. The lowest BCUT2D eigenvalue weighted by Crippen LogP contribution is -2.07. The molecular weight excluding hydrogens is 247 g/mol. The molecule has 0 bridgehead atoms. The molecule has 4 nitrogen and oxygen atoms in total. The first-order chi connectivity index (χ1) is 9.16. The fourth-order valence-corrected chi connectivity index (χ4v) is 1.68. The predicted molar refractivity (Wildman–Crippen MR) is 69.8 cm³/mol. The Balaban J connectivity index is 1.95. The SMILES string of the molecule is O=C(O)c1ccc(NCCc2ccncc2)c(F)c1. The molecule has 0 saturated heterocycles. The van der Waals surface area contributed by atoms with Crippen molar-refractivity contribution in [2.45, 2.75) is 6.42 Å².